The van der Waals surface area contributed by atoms with E-state index in [0.29, 0.717) is 18.0 Å². The Kier molecular flexibility index (Phi) is 4.83. The van der Waals surface area contributed by atoms with E-state index in [1.165, 1.54) is 24.0 Å². The van der Waals surface area contributed by atoms with Crippen LogP contribution in [0.15, 0.2) is 18.2 Å². The molecule has 0 saturated carbocycles. The van der Waals surface area contributed by atoms with Crippen molar-refractivity contribution in [3.05, 3.63) is 29.3 Å². The van der Waals surface area contributed by atoms with Crippen LogP contribution in [0.2, 0.25) is 0 Å². The zero-order valence-electron chi connectivity index (χ0n) is 12.5. The van der Waals surface area contributed by atoms with Gasteiger partial charge in [-0.3, -0.25) is 0 Å². The van der Waals surface area contributed by atoms with Crippen molar-refractivity contribution < 1.29 is 4.74 Å². The van der Waals surface area contributed by atoms with Crippen LogP contribution in [0.5, 0.6) is 5.75 Å². The highest BCUT2D eigenvalue weighted by Gasteiger charge is 2.27. The zero-order chi connectivity index (χ0) is 13.8. The maximum atomic E-state index is 5.55. The van der Waals surface area contributed by atoms with Crippen molar-refractivity contribution >= 4 is 0 Å². The highest BCUT2D eigenvalue weighted by atomic mass is 16.5. The van der Waals surface area contributed by atoms with Crippen LogP contribution in [0.4, 0.5) is 0 Å². The molecule has 0 aliphatic carbocycles. The second kappa shape index (κ2) is 6.40. The molecule has 1 aromatic carbocycles. The van der Waals surface area contributed by atoms with E-state index in [0.717, 1.165) is 12.3 Å². The van der Waals surface area contributed by atoms with Gasteiger partial charge in [0.15, 0.2) is 0 Å². The van der Waals surface area contributed by atoms with Gasteiger partial charge in [-0.1, -0.05) is 26.0 Å². The first kappa shape index (κ1) is 14.4. The van der Waals surface area contributed by atoms with Crippen LogP contribution in [-0.2, 0) is 0 Å². The molecule has 2 atom stereocenters. The van der Waals surface area contributed by atoms with Crippen molar-refractivity contribution in [2.75, 3.05) is 20.7 Å². The SMILES string of the molecule is CNC(c1cc(C(C)C)ccc1OC)C1CCCN1. The summed E-state index contributed by atoms with van der Waals surface area (Å²) in [5.74, 6) is 1.52. The van der Waals surface area contributed by atoms with Gasteiger partial charge >= 0.3 is 0 Å². The summed E-state index contributed by atoms with van der Waals surface area (Å²) in [4.78, 5) is 0. The van der Waals surface area contributed by atoms with Crippen LogP contribution in [0.1, 0.15) is 49.8 Å². The van der Waals surface area contributed by atoms with Crippen LogP contribution in [0.3, 0.4) is 0 Å². The van der Waals surface area contributed by atoms with E-state index in [2.05, 4.69) is 42.7 Å². The molecule has 1 heterocycles. The van der Waals surface area contributed by atoms with Gasteiger partial charge in [-0.15, -0.1) is 0 Å². The highest BCUT2D eigenvalue weighted by Crippen LogP contribution is 2.32. The smallest absolute Gasteiger partial charge is 0.123 e. The lowest BCUT2D eigenvalue weighted by Crippen LogP contribution is -2.36. The second-order valence-corrected chi connectivity index (χ2v) is 5.63. The van der Waals surface area contributed by atoms with Crippen LogP contribution in [0, 0.1) is 0 Å². The first-order valence-electron chi connectivity index (χ1n) is 7.25. The third-order valence-electron chi connectivity index (χ3n) is 4.07. The van der Waals surface area contributed by atoms with E-state index in [9.17, 15) is 0 Å². The Hall–Kier alpha value is -1.06. The lowest BCUT2D eigenvalue weighted by molar-refractivity contribution is 0.382. The molecule has 1 saturated heterocycles. The Labute approximate surface area is 116 Å². The summed E-state index contributed by atoms with van der Waals surface area (Å²) in [6, 6.07) is 7.38. The summed E-state index contributed by atoms with van der Waals surface area (Å²) >= 11 is 0. The Bertz CT molecular complexity index is 411. The van der Waals surface area contributed by atoms with Crippen LogP contribution in [-0.4, -0.2) is 26.7 Å². The first-order chi connectivity index (χ1) is 9.17. The van der Waals surface area contributed by atoms with Crippen molar-refractivity contribution in [2.45, 2.75) is 44.7 Å². The molecule has 3 nitrogen and oxygen atoms in total. The van der Waals surface area contributed by atoms with E-state index in [-0.39, 0.29) is 0 Å². The van der Waals surface area contributed by atoms with Crippen LogP contribution < -0.4 is 15.4 Å². The van der Waals surface area contributed by atoms with Gasteiger partial charge in [-0.2, -0.15) is 0 Å². The highest BCUT2D eigenvalue weighted by molar-refractivity contribution is 5.41. The molecule has 1 aliphatic heterocycles. The van der Waals surface area contributed by atoms with Gasteiger partial charge in [0.2, 0.25) is 0 Å². The van der Waals surface area contributed by atoms with Crippen molar-refractivity contribution in [1.29, 1.82) is 0 Å². The van der Waals surface area contributed by atoms with E-state index in [1.807, 2.05) is 7.05 Å². The summed E-state index contributed by atoms with van der Waals surface area (Å²) in [5, 5.41) is 7.05. The van der Waals surface area contributed by atoms with Crippen molar-refractivity contribution in [2.24, 2.45) is 0 Å². The van der Waals surface area contributed by atoms with Crippen LogP contribution in [0.25, 0.3) is 0 Å². The molecule has 0 spiro atoms. The molecule has 1 aliphatic rings. The molecule has 0 radical (unpaired) electrons. The fourth-order valence-corrected chi connectivity index (χ4v) is 2.92. The van der Waals surface area contributed by atoms with Crippen LogP contribution >= 0.6 is 0 Å². The Morgan fingerprint density at radius 3 is 2.68 bits per heavy atom. The number of likely N-dealkylation sites (N-methyl/N-ethyl adjacent to an activating group) is 1. The molecule has 1 aromatic rings. The minimum absolute atomic E-state index is 0.316. The normalized spacial score (nSPS) is 20.8. The molecule has 2 rings (SSSR count). The Balaban J connectivity index is 2.35. The van der Waals surface area contributed by atoms with Crippen molar-refractivity contribution in [3.63, 3.8) is 0 Å². The number of hydrogen-bond donors (Lipinski definition) is 2. The number of rotatable bonds is 5. The fourth-order valence-electron chi connectivity index (χ4n) is 2.92. The minimum Gasteiger partial charge on any atom is -0.496 e. The van der Waals surface area contributed by atoms with E-state index >= 15 is 0 Å². The zero-order valence-corrected chi connectivity index (χ0v) is 12.5. The molecule has 106 valence electrons. The molecule has 0 aromatic heterocycles. The summed E-state index contributed by atoms with van der Waals surface area (Å²) in [7, 11) is 3.79. The number of benzene rings is 1. The van der Waals surface area contributed by atoms with Gasteiger partial charge in [0.05, 0.1) is 13.2 Å². The first-order valence-corrected chi connectivity index (χ1v) is 7.25. The lowest BCUT2D eigenvalue weighted by Gasteiger charge is -2.26. The van der Waals surface area contributed by atoms with Gasteiger partial charge in [0.25, 0.3) is 0 Å². The molecule has 1 fully saturated rings. The molecule has 0 bridgehead atoms. The lowest BCUT2D eigenvalue weighted by atomic mass is 9.92. The molecule has 3 heteroatoms. The quantitative estimate of drug-likeness (QED) is 0.856. The summed E-state index contributed by atoms with van der Waals surface area (Å²) < 4.78 is 5.55. The van der Waals surface area contributed by atoms with Gasteiger partial charge in [0, 0.05) is 11.6 Å². The maximum Gasteiger partial charge on any atom is 0.123 e. The third kappa shape index (κ3) is 3.10. The van der Waals surface area contributed by atoms with Gasteiger partial charge in [0.1, 0.15) is 5.75 Å². The standard InChI is InChI=1S/C16H26N2O/c1-11(2)12-7-8-15(19-4)13(10-12)16(17-3)14-6-5-9-18-14/h7-8,10-11,14,16-18H,5-6,9H2,1-4H3. The predicted octanol–water partition coefficient (Wildman–Crippen LogP) is 2.83. The summed E-state index contributed by atoms with van der Waals surface area (Å²) in [5.41, 5.74) is 2.64. The van der Waals surface area contributed by atoms with E-state index in [1.54, 1.807) is 7.11 Å². The molecule has 19 heavy (non-hydrogen) atoms. The predicted molar refractivity (Wildman–Crippen MR) is 79.9 cm³/mol. The molecule has 0 amide bonds. The Morgan fingerprint density at radius 2 is 2.16 bits per heavy atom. The Morgan fingerprint density at radius 1 is 1.37 bits per heavy atom. The fraction of sp³-hybridized carbons (Fsp3) is 0.625. The topological polar surface area (TPSA) is 33.3 Å². The average Bonchev–Trinajstić information content (AvgIpc) is 2.93. The van der Waals surface area contributed by atoms with Gasteiger partial charge < -0.3 is 15.4 Å². The largest absolute Gasteiger partial charge is 0.496 e. The second-order valence-electron chi connectivity index (χ2n) is 5.63. The van der Waals surface area contributed by atoms with Gasteiger partial charge in [-0.25, -0.2) is 0 Å². The molecular weight excluding hydrogens is 236 g/mol. The van der Waals surface area contributed by atoms with Gasteiger partial charge in [-0.05, 0) is 44.0 Å². The average molecular weight is 262 g/mol. The molecule has 2 unspecified atom stereocenters. The number of hydrogen-bond acceptors (Lipinski definition) is 3. The van der Waals surface area contributed by atoms with E-state index in [4.69, 9.17) is 4.74 Å². The van der Waals surface area contributed by atoms with E-state index < -0.39 is 0 Å². The monoisotopic (exact) mass is 262 g/mol. The summed E-state index contributed by atoms with van der Waals surface area (Å²) in [6.45, 7) is 5.58. The van der Waals surface area contributed by atoms with Crippen molar-refractivity contribution in [3.8, 4) is 5.75 Å². The number of methoxy groups -OCH3 is 1. The third-order valence-corrected chi connectivity index (χ3v) is 4.07. The molecular formula is C16H26N2O. The summed E-state index contributed by atoms with van der Waals surface area (Å²) in [6.07, 6.45) is 2.48. The van der Waals surface area contributed by atoms with Crippen molar-refractivity contribution in [1.82, 2.24) is 10.6 Å². The number of ether oxygens (including phenoxy) is 1. The molecule has 2 N–H and O–H groups in total. The minimum atomic E-state index is 0.316. The number of nitrogens with one attached hydrogen (secondary N) is 2. The maximum absolute atomic E-state index is 5.55.